The van der Waals surface area contributed by atoms with Gasteiger partial charge in [0.25, 0.3) is 0 Å². The van der Waals surface area contributed by atoms with Gasteiger partial charge in [0, 0.05) is 6.20 Å². The number of nitrogens with zero attached hydrogens (tertiary/aromatic N) is 2. The molecular formula is C11H14N2O3. The molecule has 1 aliphatic rings. The Morgan fingerprint density at radius 1 is 1.50 bits per heavy atom. The molecule has 5 heteroatoms. The highest BCUT2D eigenvalue weighted by molar-refractivity contribution is 5.73. The van der Waals surface area contributed by atoms with Gasteiger partial charge in [-0.2, -0.15) is 5.10 Å². The lowest BCUT2D eigenvalue weighted by atomic mass is 9.84. The van der Waals surface area contributed by atoms with Gasteiger partial charge in [-0.15, -0.1) is 0 Å². The van der Waals surface area contributed by atoms with Crippen molar-refractivity contribution in [3.05, 3.63) is 18.0 Å². The molecular weight excluding hydrogens is 208 g/mol. The lowest BCUT2D eigenvalue weighted by Gasteiger charge is -2.29. The highest BCUT2D eigenvalue weighted by Gasteiger charge is 2.33. The Morgan fingerprint density at radius 2 is 2.25 bits per heavy atom. The van der Waals surface area contributed by atoms with Crippen molar-refractivity contribution in [2.45, 2.75) is 31.7 Å². The Kier molecular flexibility index (Phi) is 3.03. The average molecular weight is 222 g/mol. The largest absolute Gasteiger partial charge is 0.481 e. The van der Waals surface area contributed by atoms with E-state index < -0.39 is 11.9 Å². The Morgan fingerprint density at radius 3 is 2.94 bits per heavy atom. The molecule has 5 nitrogen and oxygen atoms in total. The normalized spacial score (nSPS) is 25.2. The highest BCUT2D eigenvalue weighted by atomic mass is 16.4. The van der Waals surface area contributed by atoms with Crippen molar-refractivity contribution in [3.63, 3.8) is 0 Å². The number of aliphatic carboxylic acids is 1. The lowest BCUT2D eigenvalue weighted by Crippen LogP contribution is -2.30. The summed E-state index contributed by atoms with van der Waals surface area (Å²) < 4.78 is 1.56. The number of aldehydes is 1. The van der Waals surface area contributed by atoms with E-state index in [9.17, 15) is 9.59 Å². The van der Waals surface area contributed by atoms with E-state index >= 15 is 0 Å². The predicted octanol–water partition coefficient (Wildman–Crippen LogP) is 1.51. The molecule has 0 bridgehead atoms. The van der Waals surface area contributed by atoms with Crippen molar-refractivity contribution in [2.24, 2.45) is 5.92 Å². The van der Waals surface area contributed by atoms with Gasteiger partial charge in [0.1, 0.15) is 5.69 Å². The Hall–Kier alpha value is -1.65. The SMILES string of the molecule is O=Cc1ccnn1C1CCCCC1C(=O)O. The van der Waals surface area contributed by atoms with Crippen molar-refractivity contribution in [1.29, 1.82) is 0 Å². The molecule has 16 heavy (non-hydrogen) atoms. The van der Waals surface area contributed by atoms with Crippen LogP contribution in [0.2, 0.25) is 0 Å². The summed E-state index contributed by atoms with van der Waals surface area (Å²) in [6.45, 7) is 0. The van der Waals surface area contributed by atoms with Crippen LogP contribution in [-0.4, -0.2) is 27.1 Å². The summed E-state index contributed by atoms with van der Waals surface area (Å²) in [5, 5.41) is 13.2. The lowest BCUT2D eigenvalue weighted by molar-refractivity contribution is -0.144. The molecule has 2 atom stereocenters. The van der Waals surface area contributed by atoms with Crippen LogP contribution in [-0.2, 0) is 4.79 Å². The van der Waals surface area contributed by atoms with Crippen molar-refractivity contribution >= 4 is 12.3 Å². The minimum absolute atomic E-state index is 0.179. The number of hydrogen-bond donors (Lipinski definition) is 1. The highest BCUT2D eigenvalue weighted by Crippen LogP contribution is 2.34. The van der Waals surface area contributed by atoms with Crippen molar-refractivity contribution < 1.29 is 14.7 Å². The van der Waals surface area contributed by atoms with Crippen LogP contribution in [0.4, 0.5) is 0 Å². The topological polar surface area (TPSA) is 72.2 Å². The third-order valence-corrected chi connectivity index (χ3v) is 3.18. The second-order valence-corrected chi connectivity index (χ2v) is 4.12. The van der Waals surface area contributed by atoms with Crippen LogP contribution in [0.3, 0.4) is 0 Å². The molecule has 1 N–H and O–H groups in total. The number of rotatable bonds is 3. The van der Waals surface area contributed by atoms with Crippen molar-refractivity contribution in [2.75, 3.05) is 0 Å². The number of carbonyl (C=O) groups is 2. The smallest absolute Gasteiger partial charge is 0.308 e. The number of carbonyl (C=O) groups excluding carboxylic acids is 1. The quantitative estimate of drug-likeness (QED) is 0.787. The Bertz CT molecular complexity index is 400. The van der Waals surface area contributed by atoms with Crippen LogP contribution in [0.5, 0.6) is 0 Å². The molecule has 0 spiro atoms. The van der Waals surface area contributed by atoms with Gasteiger partial charge in [-0.25, -0.2) is 0 Å². The number of carboxylic acids is 1. The molecule has 2 rings (SSSR count). The maximum atomic E-state index is 11.1. The molecule has 1 aliphatic carbocycles. The number of carboxylic acid groups (broad SMARTS) is 1. The third-order valence-electron chi connectivity index (χ3n) is 3.18. The molecule has 0 aliphatic heterocycles. The average Bonchev–Trinajstić information content (AvgIpc) is 2.76. The van der Waals surface area contributed by atoms with E-state index in [0.717, 1.165) is 25.5 Å². The van der Waals surface area contributed by atoms with Crippen LogP contribution in [0.15, 0.2) is 12.3 Å². The molecule has 1 saturated carbocycles. The molecule has 0 saturated heterocycles. The van der Waals surface area contributed by atoms with Crippen LogP contribution < -0.4 is 0 Å². The second kappa shape index (κ2) is 4.47. The third kappa shape index (κ3) is 1.85. The monoisotopic (exact) mass is 222 g/mol. The fraction of sp³-hybridized carbons (Fsp3) is 0.545. The van der Waals surface area contributed by atoms with E-state index in [-0.39, 0.29) is 6.04 Å². The van der Waals surface area contributed by atoms with Crippen LogP contribution in [0.1, 0.15) is 42.2 Å². The summed E-state index contributed by atoms with van der Waals surface area (Å²) in [6, 6.07) is 1.43. The van der Waals surface area contributed by atoms with E-state index in [1.165, 1.54) is 6.20 Å². The van der Waals surface area contributed by atoms with Crippen LogP contribution >= 0.6 is 0 Å². The molecule has 0 radical (unpaired) electrons. The zero-order chi connectivity index (χ0) is 11.5. The molecule has 0 aromatic carbocycles. The fourth-order valence-corrected chi connectivity index (χ4v) is 2.39. The summed E-state index contributed by atoms with van der Waals surface area (Å²) >= 11 is 0. The Balaban J connectivity index is 2.29. The predicted molar refractivity (Wildman–Crippen MR) is 56.2 cm³/mol. The van der Waals surface area contributed by atoms with Crippen LogP contribution in [0.25, 0.3) is 0 Å². The minimum atomic E-state index is -0.794. The van der Waals surface area contributed by atoms with E-state index in [4.69, 9.17) is 5.11 Å². The van der Waals surface area contributed by atoms with Gasteiger partial charge in [-0.05, 0) is 18.9 Å². The summed E-state index contributed by atoms with van der Waals surface area (Å²) in [6.07, 6.45) is 5.63. The number of aromatic nitrogens is 2. The van der Waals surface area contributed by atoms with Gasteiger partial charge < -0.3 is 5.11 Å². The summed E-state index contributed by atoms with van der Waals surface area (Å²) in [7, 11) is 0. The number of hydrogen-bond acceptors (Lipinski definition) is 3. The summed E-state index contributed by atoms with van der Waals surface area (Å²) in [4.78, 5) is 21.9. The molecule has 1 fully saturated rings. The van der Waals surface area contributed by atoms with Gasteiger partial charge in [0.15, 0.2) is 6.29 Å². The first kappa shape index (κ1) is 10.9. The zero-order valence-corrected chi connectivity index (χ0v) is 8.87. The molecule has 1 heterocycles. The van der Waals surface area contributed by atoms with Crippen LogP contribution in [0, 0.1) is 5.92 Å². The zero-order valence-electron chi connectivity index (χ0n) is 8.87. The van der Waals surface area contributed by atoms with Gasteiger partial charge in [-0.1, -0.05) is 12.8 Å². The first-order chi connectivity index (χ1) is 7.74. The molecule has 1 aromatic heterocycles. The van der Waals surface area contributed by atoms with E-state index in [0.29, 0.717) is 12.1 Å². The fourth-order valence-electron chi connectivity index (χ4n) is 2.39. The maximum absolute atomic E-state index is 11.1. The van der Waals surface area contributed by atoms with E-state index in [1.54, 1.807) is 10.7 Å². The summed E-state index contributed by atoms with van der Waals surface area (Å²) in [5.41, 5.74) is 0.457. The first-order valence-electron chi connectivity index (χ1n) is 5.45. The molecule has 86 valence electrons. The first-order valence-corrected chi connectivity index (χ1v) is 5.45. The van der Waals surface area contributed by atoms with Crippen molar-refractivity contribution in [3.8, 4) is 0 Å². The van der Waals surface area contributed by atoms with Crippen molar-refractivity contribution in [1.82, 2.24) is 9.78 Å². The molecule has 2 unspecified atom stereocenters. The van der Waals surface area contributed by atoms with Gasteiger partial charge in [-0.3, -0.25) is 14.3 Å². The van der Waals surface area contributed by atoms with E-state index in [1.807, 2.05) is 0 Å². The standard InChI is InChI=1S/C11H14N2O3/c14-7-8-5-6-12-13(8)10-4-2-1-3-9(10)11(15)16/h5-7,9-10H,1-4H2,(H,15,16). The van der Waals surface area contributed by atoms with Gasteiger partial charge >= 0.3 is 5.97 Å². The molecule has 0 amide bonds. The maximum Gasteiger partial charge on any atom is 0.308 e. The van der Waals surface area contributed by atoms with Gasteiger partial charge in [0.05, 0.1) is 12.0 Å². The minimum Gasteiger partial charge on any atom is -0.481 e. The second-order valence-electron chi connectivity index (χ2n) is 4.12. The summed E-state index contributed by atoms with van der Waals surface area (Å²) in [5.74, 6) is -1.22. The Labute approximate surface area is 93.1 Å². The van der Waals surface area contributed by atoms with Gasteiger partial charge in [0.2, 0.25) is 0 Å². The molecule has 1 aromatic rings. The van der Waals surface area contributed by atoms with E-state index in [2.05, 4.69) is 5.10 Å².